The Hall–Kier alpha value is -1.18. The van der Waals surface area contributed by atoms with Crippen molar-refractivity contribution < 1.29 is 4.74 Å². The standard InChI is InChI=1S/C16H16Cl2O/c1-10-4-5-15(13(6-10)9-17)19-14-7-11(2)16(18)12(3)8-14/h4-8H,9H2,1-3H3. The van der Waals surface area contributed by atoms with Crippen LogP contribution in [0.3, 0.4) is 0 Å². The van der Waals surface area contributed by atoms with Crippen molar-refractivity contribution in [3.05, 3.63) is 57.6 Å². The van der Waals surface area contributed by atoms with Gasteiger partial charge >= 0.3 is 0 Å². The average molecular weight is 295 g/mol. The second kappa shape index (κ2) is 5.85. The fraction of sp³-hybridized carbons (Fsp3) is 0.250. The first-order valence-corrected chi connectivity index (χ1v) is 7.02. The third kappa shape index (κ3) is 3.23. The molecule has 0 N–H and O–H groups in total. The molecule has 0 heterocycles. The first-order valence-electron chi connectivity index (χ1n) is 6.11. The maximum Gasteiger partial charge on any atom is 0.131 e. The lowest BCUT2D eigenvalue weighted by molar-refractivity contribution is 0.477. The fourth-order valence-corrected chi connectivity index (χ4v) is 2.32. The lowest BCUT2D eigenvalue weighted by Gasteiger charge is -2.12. The van der Waals surface area contributed by atoms with E-state index in [1.165, 1.54) is 5.56 Å². The SMILES string of the molecule is Cc1ccc(Oc2cc(C)c(Cl)c(C)c2)c(CCl)c1. The van der Waals surface area contributed by atoms with Gasteiger partial charge in [0.15, 0.2) is 0 Å². The van der Waals surface area contributed by atoms with Crippen LogP contribution in [0.2, 0.25) is 5.02 Å². The van der Waals surface area contributed by atoms with Crippen molar-refractivity contribution in [2.75, 3.05) is 0 Å². The van der Waals surface area contributed by atoms with Crippen LogP contribution in [0.1, 0.15) is 22.3 Å². The number of aryl methyl sites for hydroxylation is 3. The van der Waals surface area contributed by atoms with Crippen LogP contribution in [-0.2, 0) is 5.88 Å². The maximum atomic E-state index is 6.16. The molecule has 0 spiro atoms. The predicted octanol–water partition coefficient (Wildman–Crippen LogP) is 5.80. The van der Waals surface area contributed by atoms with E-state index in [0.29, 0.717) is 5.88 Å². The molecule has 0 fully saturated rings. The van der Waals surface area contributed by atoms with Gasteiger partial charge in [-0.15, -0.1) is 11.6 Å². The van der Waals surface area contributed by atoms with Crippen LogP contribution in [0.4, 0.5) is 0 Å². The van der Waals surface area contributed by atoms with E-state index in [9.17, 15) is 0 Å². The Morgan fingerprint density at radius 2 is 1.63 bits per heavy atom. The molecule has 2 rings (SSSR count). The molecule has 0 aliphatic heterocycles. The van der Waals surface area contributed by atoms with Gasteiger partial charge in [0, 0.05) is 10.6 Å². The average Bonchev–Trinajstić information content (AvgIpc) is 2.38. The Morgan fingerprint density at radius 1 is 1.00 bits per heavy atom. The summed E-state index contributed by atoms with van der Waals surface area (Å²) in [7, 11) is 0. The van der Waals surface area contributed by atoms with Crippen molar-refractivity contribution >= 4 is 23.2 Å². The van der Waals surface area contributed by atoms with Crippen molar-refractivity contribution in [3.63, 3.8) is 0 Å². The van der Waals surface area contributed by atoms with Crippen LogP contribution in [-0.4, -0.2) is 0 Å². The molecular weight excluding hydrogens is 279 g/mol. The van der Waals surface area contributed by atoms with Gasteiger partial charge in [-0.25, -0.2) is 0 Å². The third-order valence-electron chi connectivity index (χ3n) is 3.00. The van der Waals surface area contributed by atoms with Gasteiger partial charge in [-0.1, -0.05) is 29.3 Å². The molecule has 0 aromatic heterocycles. The Labute approximate surface area is 124 Å². The molecule has 19 heavy (non-hydrogen) atoms. The first-order chi connectivity index (χ1) is 9.01. The van der Waals surface area contributed by atoms with Crippen LogP contribution in [0.25, 0.3) is 0 Å². The number of benzene rings is 2. The van der Waals surface area contributed by atoms with Gasteiger partial charge in [-0.2, -0.15) is 0 Å². The van der Waals surface area contributed by atoms with E-state index in [2.05, 4.69) is 0 Å². The Morgan fingerprint density at radius 3 is 2.21 bits per heavy atom. The van der Waals surface area contributed by atoms with Crippen molar-refractivity contribution in [3.8, 4) is 11.5 Å². The minimum absolute atomic E-state index is 0.433. The molecule has 0 amide bonds. The molecule has 0 saturated carbocycles. The lowest BCUT2D eigenvalue weighted by atomic mass is 10.1. The van der Waals surface area contributed by atoms with Crippen molar-refractivity contribution in [1.29, 1.82) is 0 Å². The number of rotatable bonds is 3. The van der Waals surface area contributed by atoms with Crippen LogP contribution >= 0.6 is 23.2 Å². The van der Waals surface area contributed by atoms with Crippen LogP contribution in [0.5, 0.6) is 11.5 Å². The number of halogens is 2. The summed E-state index contributed by atoms with van der Waals surface area (Å²) >= 11 is 12.1. The van der Waals surface area contributed by atoms with Gasteiger partial charge in [0.05, 0.1) is 5.88 Å². The highest BCUT2D eigenvalue weighted by atomic mass is 35.5. The minimum atomic E-state index is 0.433. The van der Waals surface area contributed by atoms with Crippen molar-refractivity contribution in [2.24, 2.45) is 0 Å². The summed E-state index contributed by atoms with van der Waals surface area (Å²) < 4.78 is 5.93. The molecule has 0 bridgehead atoms. The van der Waals surface area contributed by atoms with Crippen molar-refractivity contribution in [1.82, 2.24) is 0 Å². The van der Waals surface area contributed by atoms with Crippen LogP contribution in [0, 0.1) is 20.8 Å². The normalized spacial score (nSPS) is 10.6. The van der Waals surface area contributed by atoms with Gasteiger partial charge in [0.25, 0.3) is 0 Å². The summed E-state index contributed by atoms with van der Waals surface area (Å²) in [6.45, 7) is 5.98. The lowest BCUT2D eigenvalue weighted by Crippen LogP contribution is -1.92. The summed E-state index contributed by atoms with van der Waals surface area (Å²) in [6.07, 6.45) is 0. The largest absolute Gasteiger partial charge is 0.457 e. The van der Waals surface area contributed by atoms with E-state index in [4.69, 9.17) is 27.9 Å². The van der Waals surface area contributed by atoms with Crippen LogP contribution in [0.15, 0.2) is 30.3 Å². The molecule has 1 nitrogen and oxygen atoms in total. The Bertz CT molecular complexity index is 583. The minimum Gasteiger partial charge on any atom is -0.457 e. The molecule has 2 aromatic carbocycles. The number of alkyl halides is 1. The highest BCUT2D eigenvalue weighted by molar-refractivity contribution is 6.32. The summed E-state index contributed by atoms with van der Waals surface area (Å²) in [6, 6.07) is 9.88. The second-order valence-electron chi connectivity index (χ2n) is 4.72. The highest BCUT2D eigenvalue weighted by Gasteiger charge is 2.08. The second-order valence-corrected chi connectivity index (χ2v) is 5.36. The molecule has 2 aromatic rings. The number of ether oxygens (including phenoxy) is 1. The quantitative estimate of drug-likeness (QED) is 0.650. The van der Waals surface area contributed by atoms with Crippen LogP contribution < -0.4 is 4.74 Å². The molecule has 3 heteroatoms. The summed E-state index contributed by atoms with van der Waals surface area (Å²) in [5.41, 5.74) is 4.19. The third-order valence-corrected chi connectivity index (χ3v) is 3.88. The van der Waals surface area contributed by atoms with E-state index < -0.39 is 0 Å². The zero-order valence-corrected chi connectivity index (χ0v) is 12.8. The number of hydrogen-bond acceptors (Lipinski definition) is 1. The van der Waals surface area contributed by atoms with E-state index in [1.54, 1.807) is 0 Å². The molecule has 0 unspecified atom stereocenters. The number of hydrogen-bond donors (Lipinski definition) is 0. The molecule has 0 aliphatic rings. The molecule has 0 aliphatic carbocycles. The highest BCUT2D eigenvalue weighted by Crippen LogP contribution is 2.31. The molecule has 100 valence electrons. The monoisotopic (exact) mass is 294 g/mol. The maximum absolute atomic E-state index is 6.16. The molecular formula is C16H16Cl2O. The Kier molecular flexibility index (Phi) is 4.38. The first kappa shape index (κ1) is 14.2. The molecule has 0 atom stereocenters. The van der Waals surface area contributed by atoms with Gasteiger partial charge in [0.1, 0.15) is 11.5 Å². The van der Waals surface area contributed by atoms with Crippen molar-refractivity contribution in [2.45, 2.75) is 26.7 Å². The predicted molar refractivity (Wildman–Crippen MR) is 81.7 cm³/mol. The topological polar surface area (TPSA) is 9.23 Å². The van der Waals surface area contributed by atoms with Gasteiger partial charge < -0.3 is 4.74 Å². The Balaban J connectivity index is 2.36. The molecule has 0 saturated heterocycles. The van der Waals surface area contributed by atoms with E-state index in [1.807, 2.05) is 51.1 Å². The van der Waals surface area contributed by atoms with E-state index in [0.717, 1.165) is 33.2 Å². The summed E-state index contributed by atoms with van der Waals surface area (Å²) in [5, 5.41) is 0.786. The van der Waals surface area contributed by atoms with Gasteiger partial charge in [-0.05, 0) is 50.1 Å². The fourth-order valence-electron chi connectivity index (χ4n) is 2.00. The zero-order chi connectivity index (χ0) is 14.0. The van der Waals surface area contributed by atoms with E-state index >= 15 is 0 Å². The summed E-state index contributed by atoms with van der Waals surface area (Å²) in [5.74, 6) is 2.01. The smallest absolute Gasteiger partial charge is 0.131 e. The molecule has 0 radical (unpaired) electrons. The van der Waals surface area contributed by atoms with E-state index in [-0.39, 0.29) is 0 Å². The zero-order valence-electron chi connectivity index (χ0n) is 11.3. The van der Waals surface area contributed by atoms with Gasteiger partial charge in [0.2, 0.25) is 0 Å². The van der Waals surface area contributed by atoms with Gasteiger partial charge in [-0.3, -0.25) is 0 Å². The summed E-state index contributed by atoms with van der Waals surface area (Å²) in [4.78, 5) is 0.